The molecule has 5 nitrogen and oxygen atoms in total. The first-order valence-corrected chi connectivity index (χ1v) is 9.43. The van der Waals surface area contributed by atoms with Crippen LogP contribution in [0.5, 0.6) is 5.75 Å². The van der Waals surface area contributed by atoms with E-state index in [-0.39, 0.29) is 11.8 Å². The summed E-state index contributed by atoms with van der Waals surface area (Å²) in [5.74, 6) is 0.383. The summed E-state index contributed by atoms with van der Waals surface area (Å²) in [5.41, 5.74) is 4.08. The van der Waals surface area contributed by atoms with Gasteiger partial charge in [-0.3, -0.25) is 9.59 Å². The Hall–Kier alpha value is -3.60. The molecule has 2 N–H and O–H groups in total. The molecule has 0 heterocycles. The third-order valence-corrected chi connectivity index (χ3v) is 4.41. The molecule has 3 rings (SSSR count). The lowest BCUT2D eigenvalue weighted by molar-refractivity contribution is -0.114. The summed E-state index contributed by atoms with van der Waals surface area (Å²) in [6.45, 7) is 4.20. The Labute approximate surface area is 170 Å². The number of hydrogen-bond donors (Lipinski definition) is 2. The van der Waals surface area contributed by atoms with Crippen molar-refractivity contribution >= 4 is 17.5 Å². The van der Waals surface area contributed by atoms with E-state index in [2.05, 4.69) is 10.6 Å². The van der Waals surface area contributed by atoms with Crippen molar-refractivity contribution in [3.8, 4) is 5.75 Å². The van der Waals surface area contributed by atoms with E-state index in [1.54, 1.807) is 12.1 Å². The Morgan fingerprint density at radius 2 is 1.66 bits per heavy atom. The predicted molar refractivity (Wildman–Crippen MR) is 114 cm³/mol. The maximum absolute atomic E-state index is 12.5. The van der Waals surface area contributed by atoms with E-state index in [0.717, 1.165) is 22.4 Å². The molecular weight excluding hydrogens is 364 g/mol. The molecule has 0 unspecified atom stereocenters. The van der Waals surface area contributed by atoms with Crippen molar-refractivity contribution in [3.63, 3.8) is 0 Å². The first-order valence-electron chi connectivity index (χ1n) is 9.43. The zero-order valence-electron chi connectivity index (χ0n) is 16.6. The highest BCUT2D eigenvalue weighted by atomic mass is 16.5. The molecule has 0 fully saturated rings. The maximum Gasteiger partial charge on any atom is 0.251 e. The second kappa shape index (κ2) is 9.55. The van der Waals surface area contributed by atoms with Gasteiger partial charge in [-0.1, -0.05) is 48.5 Å². The van der Waals surface area contributed by atoms with Crippen LogP contribution in [0.15, 0.2) is 72.8 Å². The van der Waals surface area contributed by atoms with Crippen molar-refractivity contribution < 1.29 is 14.3 Å². The number of aryl methyl sites for hydroxylation is 1. The van der Waals surface area contributed by atoms with Crippen LogP contribution in [0.4, 0.5) is 5.69 Å². The normalized spacial score (nSPS) is 10.3. The van der Waals surface area contributed by atoms with E-state index in [1.807, 2.05) is 67.6 Å². The highest BCUT2D eigenvalue weighted by molar-refractivity contribution is 5.97. The van der Waals surface area contributed by atoms with Crippen LogP contribution in [0.3, 0.4) is 0 Å². The van der Waals surface area contributed by atoms with Crippen LogP contribution in [0, 0.1) is 6.92 Å². The molecule has 0 aliphatic carbocycles. The van der Waals surface area contributed by atoms with Gasteiger partial charge in [-0.15, -0.1) is 0 Å². The fourth-order valence-corrected chi connectivity index (χ4v) is 2.86. The molecule has 0 atom stereocenters. The van der Waals surface area contributed by atoms with Crippen LogP contribution in [0.2, 0.25) is 0 Å². The van der Waals surface area contributed by atoms with Crippen LogP contribution >= 0.6 is 0 Å². The summed E-state index contributed by atoms with van der Waals surface area (Å²) in [4.78, 5) is 23.8. The van der Waals surface area contributed by atoms with E-state index in [1.165, 1.54) is 6.92 Å². The van der Waals surface area contributed by atoms with Gasteiger partial charge in [0, 0.05) is 24.7 Å². The van der Waals surface area contributed by atoms with Gasteiger partial charge in [0.2, 0.25) is 5.91 Å². The van der Waals surface area contributed by atoms with Gasteiger partial charge in [-0.25, -0.2) is 0 Å². The first kappa shape index (κ1) is 20.1. The highest BCUT2D eigenvalue weighted by Crippen LogP contribution is 2.18. The molecule has 148 valence electrons. The van der Waals surface area contributed by atoms with Gasteiger partial charge in [0.1, 0.15) is 12.4 Å². The van der Waals surface area contributed by atoms with Crippen LogP contribution in [-0.2, 0) is 17.9 Å². The smallest absolute Gasteiger partial charge is 0.251 e. The third-order valence-electron chi connectivity index (χ3n) is 4.41. The second-order valence-corrected chi connectivity index (χ2v) is 6.82. The Kier molecular flexibility index (Phi) is 6.63. The minimum Gasteiger partial charge on any atom is -0.489 e. The summed E-state index contributed by atoms with van der Waals surface area (Å²) in [6, 6.07) is 22.9. The summed E-state index contributed by atoms with van der Waals surface area (Å²) in [7, 11) is 0. The molecule has 3 aromatic carbocycles. The van der Waals surface area contributed by atoms with E-state index >= 15 is 0 Å². The van der Waals surface area contributed by atoms with Crippen molar-refractivity contribution in [2.75, 3.05) is 5.32 Å². The molecule has 0 saturated carbocycles. The van der Waals surface area contributed by atoms with Gasteiger partial charge in [-0.05, 0) is 47.9 Å². The van der Waals surface area contributed by atoms with Gasteiger partial charge >= 0.3 is 0 Å². The van der Waals surface area contributed by atoms with Crippen molar-refractivity contribution in [1.82, 2.24) is 5.32 Å². The fourth-order valence-electron chi connectivity index (χ4n) is 2.86. The second-order valence-electron chi connectivity index (χ2n) is 6.82. The maximum atomic E-state index is 12.5. The number of rotatable bonds is 7. The van der Waals surface area contributed by atoms with Gasteiger partial charge in [0.15, 0.2) is 0 Å². The number of nitrogens with one attached hydrogen (secondary N) is 2. The molecule has 5 heteroatoms. The lowest BCUT2D eigenvalue weighted by Crippen LogP contribution is -2.23. The fraction of sp³-hybridized carbons (Fsp3) is 0.167. The molecule has 3 aromatic rings. The Bertz CT molecular complexity index is 1000. The van der Waals surface area contributed by atoms with Crippen molar-refractivity contribution in [1.29, 1.82) is 0 Å². The van der Waals surface area contributed by atoms with Crippen LogP contribution in [0.1, 0.15) is 34.0 Å². The first-order chi connectivity index (χ1) is 14.0. The number of anilines is 1. The molecule has 29 heavy (non-hydrogen) atoms. The Morgan fingerprint density at radius 3 is 2.41 bits per heavy atom. The largest absolute Gasteiger partial charge is 0.489 e. The lowest BCUT2D eigenvalue weighted by atomic mass is 10.1. The molecule has 0 aromatic heterocycles. The van der Waals surface area contributed by atoms with Crippen LogP contribution in [0.25, 0.3) is 0 Å². The van der Waals surface area contributed by atoms with Gasteiger partial charge in [0.25, 0.3) is 5.91 Å². The monoisotopic (exact) mass is 388 g/mol. The lowest BCUT2D eigenvalue weighted by Gasteiger charge is -2.11. The molecule has 0 aliphatic heterocycles. The number of carbonyl (C=O) groups excluding carboxylic acids is 2. The zero-order chi connectivity index (χ0) is 20.6. The van der Waals surface area contributed by atoms with Gasteiger partial charge in [0.05, 0.1) is 0 Å². The Morgan fingerprint density at radius 1 is 0.897 bits per heavy atom. The molecule has 0 aliphatic rings. The molecule has 0 radical (unpaired) electrons. The molecule has 2 amide bonds. The standard InChI is InChI=1S/C24H24N2O3/c1-17-11-12-21(14-23(17)26-18(2)27)24(28)25-15-20-9-6-10-22(13-20)29-16-19-7-4-3-5-8-19/h3-14H,15-16H2,1-2H3,(H,25,28)(H,26,27). The minimum atomic E-state index is -0.202. The summed E-state index contributed by atoms with van der Waals surface area (Å²) in [5, 5.41) is 5.65. The van der Waals surface area contributed by atoms with E-state index < -0.39 is 0 Å². The predicted octanol–water partition coefficient (Wildman–Crippen LogP) is 4.46. The molecule has 0 spiro atoms. The highest BCUT2D eigenvalue weighted by Gasteiger charge is 2.09. The Balaban J connectivity index is 1.59. The van der Waals surface area contributed by atoms with Gasteiger partial charge < -0.3 is 15.4 Å². The quantitative estimate of drug-likeness (QED) is 0.628. The summed E-state index contributed by atoms with van der Waals surface area (Å²) in [6.07, 6.45) is 0. The van der Waals surface area contributed by atoms with Crippen molar-refractivity contribution in [3.05, 3.63) is 95.1 Å². The number of benzene rings is 3. The number of ether oxygens (including phenoxy) is 1. The third kappa shape index (κ3) is 5.94. The van der Waals surface area contributed by atoms with Crippen LogP contribution < -0.4 is 15.4 Å². The SMILES string of the molecule is CC(=O)Nc1cc(C(=O)NCc2cccc(OCc3ccccc3)c2)ccc1C. The topological polar surface area (TPSA) is 67.4 Å². The molecule has 0 bridgehead atoms. The minimum absolute atomic E-state index is 0.169. The van der Waals surface area contributed by atoms with E-state index in [0.29, 0.717) is 24.4 Å². The van der Waals surface area contributed by atoms with E-state index in [4.69, 9.17) is 4.74 Å². The van der Waals surface area contributed by atoms with Crippen molar-refractivity contribution in [2.24, 2.45) is 0 Å². The molecule has 0 saturated heterocycles. The molecular formula is C24H24N2O3. The number of hydrogen-bond acceptors (Lipinski definition) is 3. The number of amides is 2. The summed E-state index contributed by atoms with van der Waals surface area (Å²) < 4.78 is 5.84. The van der Waals surface area contributed by atoms with E-state index in [9.17, 15) is 9.59 Å². The average molecular weight is 388 g/mol. The van der Waals surface area contributed by atoms with Crippen LogP contribution in [-0.4, -0.2) is 11.8 Å². The zero-order valence-corrected chi connectivity index (χ0v) is 16.6. The van der Waals surface area contributed by atoms with Crippen molar-refractivity contribution in [2.45, 2.75) is 27.0 Å². The number of carbonyl (C=O) groups is 2. The van der Waals surface area contributed by atoms with Gasteiger partial charge in [-0.2, -0.15) is 0 Å². The summed E-state index contributed by atoms with van der Waals surface area (Å²) >= 11 is 0. The average Bonchev–Trinajstić information content (AvgIpc) is 2.73.